The van der Waals surface area contributed by atoms with Gasteiger partial charge < -0.3 is 5.11 Å². The van der Waals surface area contributed by atoms with Crippen LogP contribution in [-0.4, -0.2) is 17.4 Å². The van der Waals surface area contributed by atoms with Crippen molar-refractivity contribution in [1.82, 2.24) is 5.32 Å². The van der Waals surface area contributed by atoms with Gasteiger partial charge in [0.05, 0.1) is 0 Å². The second-order valence-electron chi connectivity index (χ2n) is 2.01. The van der Waals surface area contributed by atoms with Crippen molar-refractivity contribution in [2.75, 3.05) is 6.54 Å². The lowest BCUT2D eigenvalue weighted by molar-refractivity contribution is 0.0528. The third-order valence-electron chi connectivity index (χ3n) is 1.36. The van der Waals surface area contributed by atoms with Gasteiger partial charge in [-0.2, -0.15) is 0 Å². The zero-order chi connectivity index (χ0) is 7.33. The summed E-state index contributed by atoms with van der Waals surface area (Å²) in [6.07, 6.45) is 2.18. The van der Waals surface area contributed by atoms with Crippen LogP contribution in [0.1, 0.15) is 20.3 Å². The summed E-state index contributed by atoms with van der Waals surface area (Å²) < 4.78 is 0. The fourth-order valence-electron chi connectivity index (χ4n) is 0.648. The minimum atomic E-state index is -0.852. The molecule has 1 unspecified atom stereocenters. The third-order valence-corrected chi connectivity index (χ3v) is 1.36. The highest BCUT2D eigenvalue weighted by Gasteiger charge is 2.16. The van der Waals surface area contributed by atoms with E-state index >= 15 is 0 Å². The minimum Gasteiger partial charge on any atom is -0.372 e. The molecule has 0 aliphatic heterocycles. The molecule has 54 valence electrons. The Kier molecular flexibility index (Phi) is 3.50. The van der Waals surface area contributed by atoms with Gasteiger partial charge in [0.25, 0.3) is 0 Å². The molecule has 0 amide bonds. The molecule has 0 aromatic heterocycles. The Morgan fingerprint density at radius 2 is 2.22 bits per heavy atom. The Balaban J connectivity index is 3.76. The fraction of sp³-hybridized carbons (Fsp3) is 0.714. The Hall–Kier alpha value is -0.340. The van der Waals surface area contributed by atoms with Crippen LogP contribution in [0.4, 0.5) is 0 Å². The predicted octanol–water partition coefficient (Wildman–Crippen LogP) is 0.880. The first-order chi connectivity index (χ1) is 4.18. The van der Waals surface area contributed by atoms with Gasteiger partial charge in [-0.1, -0.05) is 20.4 Å². The summed E-state index contributed by atoms with van der Waals surface area (Å²) in [4.78, 5) is 0. The summed E-state index contributed by atoms with van der Waals surface area (Å²) in [6, 6.07) is 0. The molecule has 0 saturated carbocycles. The summed E-state index contributed by atoms with van der Waals surface area (Å²) in [6.45, 7) is 8.13. The molecule has 0 aromatic rings. The van der Waals surface area contributed by atoms with E-state index in [0.717, 1.165) is 6.54 Å². The molecule has 0 radical (unpaired) electrons. The van der Waals surface area contributed by atoms with E-state index in [2.05, 4.69) is 11.9 Å². The molecule has 0 aromatic carbocycles. The van der Waals surface area contributed by atoms with Crippen molar-refractivity contribution >= 4 is 0 Å². The molecule has 0 saturated heterocycles. The SMILES string of the molecule is C=CC(O)(CC)NCC. The maximum absolute atomic E-state index is 9.40. The van der Waals surface area contributed by atoms with Gasteiger partial charge in [0.2, 0.25) is 0 Å². The average Bonchev–Trinajstić information content (AvgIpc) is 1.89. The summed E-state index contributed by atoms with van der Waals surface area (Å²) in [7, 11) is 0. The van der Waals surface area contributed by atoms with Crippen LogP contribution in [0, 0.1) is 0 Å². The van der Waals surface area contributed by atoms with Crippen LogP contribution in [0.2, 0.25) is 0 Å². The first kappa shape index (κ1) is 8.66. The molecule has 0 heterocycles. The number of hydrogen-bond acceptors (Lipinski definition) is 2. The normalized spacial score (nSPS) is 16.8. The van der Waals surface area contributed by atoms with Gasteiger partial charge in [0.15, 0.2) is 0 Å². The summed E-state index contributed by atoms with van der Waals surface area (Å²) in [5.74, 6) is 0. The molecule has 2 nitrogen and oxygen atoms in total. The van der Waals surface area contributed by atoms with Gasteiger partial charge in [-0.05, 0) is 19.0 Å². The molecule has 0 rings (SSSR count). The summed E-state index contributed by atoms with van der Waals surface area (Å²) in [5.41, 5.74) is -0.852. The van der Waals surface area contributed by atoms with Gasteiger partial charge in [-0.25, -0.2) is 0 Å². The number of likely N-dealkylation sites (N-methyl/N-ethyl adjacent to an activating group) is 1. The smallest absolute Gasteiger partial charge is 0.134 e. The van der Waals surface area contributed by atoms with E-state index in [-0.39, 0.29) is 0 Å². The van der Waals surface area contributed by atoms with Crippen molar-refractivity contribution in [2.24, 2.45) is 0 Å². The van der Waals surface area contributed by atoms with E-state index in [1.807, 2.05) is 13.8 Å². The molecular weight excluding hydrogens is 114 g/mol. The van der Waals surface area contributed by atoms with Crippen molar-refractivity contribution in [3.05, 3.63) is 12.7 Å². The van der Waals surface area contributed by atoms with Crippen LogP contribution in [-0.2, 0) is 0 Å². The van der Waals surface area contributed by atoms with E-state index in [4.69, 9.17) is 0 Å². The van der Waals surface area contributed by atoms with E-state index in [1.165, 1.54) is 6.08 Å². The van der Waals surface area contributed by atoms with Crippen molar-refractivity contribution in [2.45, 2.75) is 26.0 Å². The molecule has 0 aliphatic carbocycles. The Morgan fingerprint density at radius 1 is 1.67 bits per heavy atom. The molecule has 1 atom stereocenters. The molecule has 0 spiro atoms. The molecule has 0 bridgehead atoms. The highest BCUT2D eigenvalue weighted by molar-refractivity contribution is 4.91. The van der Waals surface area contributed by atoms with Crippen molar-refractivity contribution in [1.29, 1.82) is 0 Å². The Morgan fingerprint density at radius 3 is 2.33 bits per heavy atom. The standard InChI is InChI=1S/C7H15NO/c1-4-7(9,5-2)8-6-3/h4,8-9H,1,5-6H2,2-3H3. The zero-order valence-corrected chi connectivity index (χ0v) is 6.15. The van der Waals surface area contributed by atoms with E-state index in [1.54, 1.807) is 0 Å². The molecule has 2 N–H and O–H groups in total. The molecule has 0 fully saturated rings. The van der Waals surface area contributed by atoms with Crippen LogP contribution in [0.5, 0.6) is 0 Å². The highest BCUT2D eigenvalue weighted by Crippen LogP contribution is 2.04. The number of aliphatic hydroxyl groups is 1. The van der Waals surface area contributed by atoms with E-state index in [0.29, 0.717) is 6.42 Å². The lowest BCUT2D eigenvalue weighted by atomic mass is 10.1. The fourth-order valence-corrected chi connectivity index (χ4v) is 0.648. The van der Waals surface area contributed by atoms with Crippen molar-refractivity contribution in [3.8, 4) is 0 Å². The highest BCUT2D eigenvalue weighted by atomic mass is 16.3. The maximum Gasteiger partial charge on any atom is 0.134 e. The first-order valence-electron chi connectivity index (χ1n) is 3.29. The van der Waals surface area contributed by atoms with Gasteiger partial charge in [-0.15, -0.1) is 0 Å². The van der Waals surface area contributed by atoms with Crippen molar-refractivity contribution < 1.29 is 5.11 Å². The van der Waals surface area contributed by atoms with Gasteiger partial charge in [-0.3, -0.25) is 5.32 Å². The molecule has 2 heteroatoms. The summed E-state index contributed by atoms with van der Waals surface area (Å²) >= 11 is 0. The Labute approximate surface area is 56.6 Å². The third kappa shape index (κ3) is 2.63. The monoisotopic (exact) mass is 129 g/mol. The largest absolute Gasteiger partial charge is 0.372 e. The molecule has 9 heavy (non-hydrogen) atoms. The van der Waals surface area contributed by atoms with Crippen LogP contribution in [0.3, 0.4) is 0 Å². The average molecular weight is 129 g/mol. The second-order valence-corrected chi connectivity index (χ2v) is 2.01. The predicted molar refractivity (Wildman–Crippen MR) is 39.1 cm³/mol. The zero-order valence-electron chi connectivity index (χ0n) is 6.15. The lowest BCUT2D eigenvalue weighted by Crippen LogP contribution is -2.42. The van der Waals surface area contributed by atoms with Gasteiger partial charge in [0.1, 0.15) is 5.72 Å². The van der Waals surface area contributed by atoms with Crippen LogP contribution in [0.25, 0.3) is 0 Å². The first-order valence-corrected chi connectivity index (χ1v) is 3.29. The van der Waals surface area contributed by atoms with Crippen LogP contribution < -0.4 is 5.32 Å². The number of rotatable bonds is 4. The Bertz CT molecular complexity index is 92.9. The van der Waals surface area contributed by atoms with Gasteiger partial charge in [0, 0.05) is 0 Å². The van der Waals surface area contributed by atoms with E-state index < -0.39 is 5.72 Å². The van der Waals surface area contributed by atoms with Crippen LogP contribution >= 0.6 is 0 Å². The van der Waals surface area contributed by atoms with Gasteiger partial charge >= 0.3 is 0 Å². The quantitative estimate of drug-likeness (QED) is 0.436. The second kappa shape index (κ2) is 3.64. The van der Waals surface area contributed by atoms with Crippen molar-refractivity contribution in [3.63, 3.8) is 0 Å². The molecule has 0 aliphatic rings. The number of nitrogens with one attached hydrogen (secondary N) is 1. The summed E-state index contributed by atoms with van der Waals surface area (Å²) in [5, 5.41) is 12.3. The number of hydrogen-bond donors (Lipinski definition) is 2. The lowest BCUT2D eigenvalue weighted by Gasteiger charge is -2.22. The van der Waals surface area contributed by atoms with Crippen LogP contribution in [0.15, 0.2) is 12.7 Å². The maximum atomic E-state index is 9.40. The topological polar surface area (TPSA) is 32.3 Å². The minimum absolute atomic E-state index is 0.657. The van der Waals surface area contributed by atoms with E-state index in [9.17, 15) is 5.11 Å². The molecular formula is C7H15NO.